The molecular formula is C14H19N3O. The van der Waals surface area contributed by atoms with Crippen LogP contribution in [0.1, 0.15) is 32.8 Å². The second kappa shape index (κ2) is 6.15. The summed E-state index contributed by atoms with van der Waals surface area (Å²) < 4.78 is 0. The van der Waals surface area contributed by atoms with E-state index in [1.807, 2.05) is 32.9 Å². The molecule has 1 amide bonds. The van der Waals surface area contributed by atoms with Crippen molar-refractivity contribution in [1.82, 2.24) is 9.88 Å². The van der Waals surface area contributed by atoms with Crippen molar-refractivity contribution in [3.05, 3.63) is 30.1 Å². The molecule has 4 nitrogen and oxygen atoms in total. The number of nitriles is 1. The van der Waals surface area contributed by atoms with Crippen molar-refractivity contribution in [2.45, 2.75) is 33.7 Å². The molecule has 0 unspecified atom stereocenters. The Balaban J connectivity index is 2.80. The maximum absolute atomic E-state index is 12.3. The SMILES string of the molecule is CC(C)(C)C(=O)N(CCC#N)Cc1cccnc1. The summed E-state index contributed by atoms with van der Waals surface area (Å²) in [5, 5.41) is 8.67. The van der Waals surface area contributed by atoms with E-state index in [1.54, 1.807) is 17.3 Å². The van der Waals surface area contributed by atoms with Crippen LogP contribution in [0.15, 0.2) is 24.5 Å². The smallest absolute Gasteiger partial charge is 0.228 e. The van der Waals surface area contributed by atoms with Gasteiger partial charge in [-0.3, -0.25) is 9.78 Å². The van der Waals surface area contributed by atoms with E-state index in [9.17, 15) is 4.79 Å². The lowest BCUT2D eigenvalue weighted by molar-refractivity contribution is -0.140. The monoisotopic (exact) mass is 245 g/mol. The molecule has 0 aromatic carbocycles. The van der Waals surface area contributed by atoms with Gasteiger partial charge in [0.2, 0.25) is 5.91 Å². The summed E-state index contributed by atoms with van der Waals surface area (Å²) in [5.41, 5.74) is 0.547. The van der Waals surface area contributed by atoms with Crippen LogP contribution in [0.4, 0.5) is 0 Å². The molecular weight excluding hydrogens is 226 g/mol. The van der Waals surface area contributed by atoms with Crippen molar-refractivity contribution in [1.29, 1.82) is 5.26 Å². The molecule has 0 N–H and O–H groups in total. The van der Waals surface area contributed by atoms with Crippen LogP contribution >= 0.6 is 0 Å². The zero-order chi connectivity index (χ0) is 13.6. The van der Waals surface area contributed by atoms with Crippen LogP contribution in [0, 0.1) is 16.7 Å². The van der Waals surface area contributed by atoms with Gasteiger partial charge in [-0.05, 0) is 11.6 Å². The lowest BCUT2D eigenvalue weighted by atomic mass is 9.94. The summed E-state index contributed by atoms with van der Waals surface area (Å²) in [5.74, 6) is 0.0570. The predicted molar refractivity (Wildman–Crippen MR) is 69.3 cm³/mol. The quantitative estimate of drug-likeness (QED) is 0.818. The Morgan fingerprint density at radius 1 is 1.50 bits per heavy atom. The molecule has 1 aromatic heterocycles. The number of nitrogens with zero attached hydrogens (tertiary/aromatic N) is 3. The minimum absolute atomic E-state index is 0.0570. The van der Waals surface area contributed by atoms with Crippen LogP contribution in [0.25, 0.3) is 0 Å². The maximum atomic E-state index is 12.3. The molecule has 0 aliphatic carbocycles. The third-order valence-corrected chi connectivity index (χ3v) is 2.52. The average Bonchev–Trinajstić information content (AvgIpc) is 2.33. The van der Waals surface area contributed by atoms with Gasteiger partial charge in [0.15, 0.2) is 0 Å². The third kappa shape index (κ3) is 4.17. The normalized spacial score (nSPS) is 10.8. The number of hydrogen-bond acceptors (Lipinski definition) is 3. The van der Waals surface area contributed by atoms with Crippen molar-refractivity contribution < 1.29 is 4.79 Å². The molecule has 0 bridgehead atoms. The Morgan fingerprint density at radius 3 is 2.72 bits per heavy atom. The first-order valence-corrected chi connectivity index (χ1v) is 6.00. The zero-order valence-electron chi connectivity index (χ0n) is 11.2. The number of rotatable bonds is 4. The predicted octanol–water partition coefficient (Wildman–Crippen LogP) is 2.37. The van der Waals surface area contributed by atoms with Gasteiger partial charge in [-0.2, -0.15) is 5.26 Å². The number of aromatic nitrogens is 1. The van der Waals surface area contributed by atoms with Crippen molar-refractivity contribution in [3.8, 4) is 6.07 Å². The lowest BCUT2D eigenvalue weighted by Gasteiger charge is -2.29. The molecule has 0 radical (unpaired) electrons. The fourth-order valence-corrected chi connectivity index (χ4v) is 1.62. The third-order valence-electron chi connectivity index (χ3n) is 2.52. The molecule has 0 aliphatic rings. The fourth-order valence-electron chi connectivity index (χ4n) is 1.62. The lowest BCUT2D eigenvalue weighted by Crippen LogP contribution is -2.39. The summed E-state index contributed by atoms with van der Waals surface area (Å²) in [6.45, 7) is 6.63. The molecule has 1 aromatic rings. The summed E-state index contributed by atoms with van der Waals surface area (Å²) in [7, 11) is 0. The van der Waals surface area contributed by atoms with Gasteiger partial charge in [-0.1, -0.05) is 26.8 Å². The number of amides is 1. The molecule has 18 heavy (non-hydrogen) atoms. The molecule has 1 heterocycles. The van der Waals surface area contributed by atoms with Gasteiger partial charge in [0, 0.05) is 30.9 Å². The van der Waals surface area contributed by atoms with Crippen LogP contribution in [-0.2, 0) is 11.3 Å². The number of hydrogen-bond donors (Lipinski definition) is 0. The minimum Gasteiger partial charge on any atom is -0.337 e. The van der Waals surface area contributed by atoms with E-state index in [4.69, 9.17) is 5.26 Å². The highest BCUT2D eigenvalue weighted by molar-refractivity contribution is 5.81. The average molecular weight is 245 g/mol. The Hall–Kier alpha value is -1.89. The second-order valence-corrected chi connectivity index (χ2v) is 5.25. The summed E-state index contributed by atoms with van der Waals surface area (Å²) in [6.07, 6.45) is 3.80. The molecule has 4 heteroatoms. The Bertz CT molecular complexity index is 429. The molecule has 0 saturated heterocycles. The Kier molecular flexibility index (Phi) is 4.85. The molecule has 1 rings (SSSR count). The molecule has 0 atom stereocenters. The first-order valence-electron chi connectivity index (χ1n) is 6.00. The van der Waals surface area contributed by atoms with Crippen LogP contribution in [0.5, 0.6) is 0 Å². The number of pyridine rings is 1. The molecule has 96 valence electrons. The first kappa shape index (κ1) is 14.2. The maximum Gasteiger partial charge on any atom is 0.228 e. The molecule has 0 spiro atoms. The van der Waals surface area contributed by atoms with Crippen LogP contribution in [0.3, 0.4) is 0 Å². The highest BCUT2D eigenvalue weighted by Crippen LogP contribution is 2.19. The van der Waals surface area contributed by atoms with E-state index in [-0.39, 0.29) is 5.91 Å². The standard InChI is InChI=1S/C14H19N3O/c1-14(2,3)13(18)17(9-5-7-15)11-12-6-4-8-16-10-12/h4,6,8,10H,5,9,11H2,1-3H3. The summed E-state index contributed by atoms with van der Waals surface area (Å²) in [6, 6.07) is 5.86. The van der Waals surface area contributed by atoms with Crippen LogP contribution in [0.2, 0.25) is 0 Å². The summed E-state index contributed by atoms with van der Waals surface area (Å²) >= 11 is 0. The largest absolute Gasteiger partial charge is 0.337 e. The van der Waals surface area contributed by atoms with Crippen molar-refractivity contribution in [2.24, 2.45) is 5.41 Å². The topological polar surface area (TPSA) is 57.0 Å². The molecule has 0 fully saturated rings. The van der Waals surface area contributed by atoms with E-state index < -0.39 is 5.41 Å². The summed E-state index contributed by atoms with van der Waals surface area (Å²) in [4.78, 5) is 18.0. The first-order chi connectivity index (χ1) is 8.45. The number of carbonyl (C=O) groups is 1. The van der Waals surface area contributed by atoms with E-state index in [1.165, 1.54) is 0 Å². The van der Waals surface area contributed by atoms with E-state index >= 15 is 0 Å². The second-order valence-electron chi connectivity index (χ2n) is 5.25. The van der Waals surface area contributed by atoms with E-state index in [2.05, 4.69) is 11.1 Å². The van der Waals surface area contributed by atoms with Gasteiger partial charge in [-0.15, -0.1) is 0 Å². The van der Waals surface area contributed by atoms with Crippen molar-refractivity contribution >= 4 is 5.91 Å². The van der Waals surface area contributed by atoms with Gasteiger partial charge in [-0.25, -0.2) is 0 Å². The fraction of sp³-hybridized carbons (Fsp3) is 0.500. The van der Waals surface area contributed by atoms with Gasteiger partial charge in [0.25, 0.3) is 0 Å². The number of carbonyl (C=O) groups excluding carboxylic acids is 1. The van der Waals surface area contributed by atoms with Gasteiger partial charge in [0.05, 0.1) is 12.5 Å². The van der Waals surface area contributed by atoms with E-state index in [0.29, 0.717) is 19.5 Å². The van der Waals surface area contributed by atoms with Crippen LogP contribution in [-0.4, -0.2) is 22.3 Å². The van der Waals surface area contributed by atoms with Crippen molar-refractivity contribution in [2.75, 3.05) is 6.54 Å². The van der Waals surface area contributed by atoms with Gasteiger partial charge >= 0.3 is 0 Å². The minimum atomic E-state index is -0.433. The Morgan fingerprint density at radius 2 is 2.22 bits per heavy atom. The van der Waals surface area contributed by atoms with Gasteiger partial charge < -0.3 is 4.90 Å². The zero-order valence-corrected chi connectivity index (χ0v) is 11.2. The highest BCUT2D eigenvalue weighted by atomic mass is 16.2. The molecule has 0 aliphatic heterocycles. The highest BCUT2D eigenvalue weighted by Gasteiger charge is 2.26. The van der Waals surface area contributed by atoms with Gasteiger partial charge in [0.1, 0.15) is 0 Å². The van der Waals surface area contributed by atoms with Crippen molar-refractivity contribution in [3.63, 3.8) is 0 Å². The molecule has 0 saturated carbocycles. The van der Waals surface area contributed by atoms with Crippen LogP contribution < -0.4 is 0 Å². The van der Waals surface area contributed by atoms with E-state index in [0.717, 1.165) is 5.56 Å². The Labute approximate surface area is 108 Å².